The first-order chi connectivity index (χ1) is 9.62. The molecule has 1 aromatic rings. The molecule has 0 radical (unpaired) electrons. The van der Waals surface area contributed by atoms with Crippen LogP contribution in [0.25, 0.3) is 0 Å². The number of amides is 1. The standard InChI is InChI=1S/C16H25NO3/c1-5-7-12(3)17-16(18)13-8-9-15(20-6-2)14(10-13)11-19-4/h8-10,12H,5-7,11H2,1-4H3,(H,17,18). The molecule has 0 saturated carbocycles. The summed E-state index contributed by atoms with van der Waals surface area (Å²) in [5, 5.41) is 3.00. The molecule has 0 aromatic heterocycles. The van der Waals surface area contributed by atoms with Crippen LogP contribution in [-0.4, -0.2) is 25.7 Å². The number of hydrogen-bond donors (Lipinski definition) is 1. The van der Waals surface area contributed by atoms with E-state index in [9.17, 15) is 4.79 Å². The largest absolute Gasteiger partial charge is 0.494 e. The molecule has 1 atom stereocenters. The van der Waals surface area contributed by atoms with Crippen molar-refractivity contribution in [1.29, 1.82) is 0 Å². The number of methoxy groups -OCH3 is 1. The van der Waals surface area contributed by atoms with Crippen molar-refractivity contribution in [2.24, 2.45) is 0 Å². The predicted molar refractivity (Wildman–Crippen MR) is 80.2 cm³/mol. The van der Waals surface area contributed by atoms with Crippen LogP contribution in [0.1, 0.15) is 49.5 Å². The fourth-order valence-electron chi connectivity index (χ4n) is 2.10. The fraction of sp³-hybridized carbons (Fsp3) is 0.562. The number of carbonyl (C=O) groups is 1. The first-order valence-electron chi connectivity index (χ1n) is 7.17. The monoisotopic (exact) mass is 279 g/mol. The third kappa shape index (κ3) is 4.85. The highest BCUT2D eigenvalue weighted by Crippen LogP contribution is 2.21. The van der Waals surface area contributed by atoms with E-state index in [1.54, 1.807) is 13.2 Å². The molecule has 1 N–H and O–H groups in total. The third-order valence-corrected chi connectivity index (χ3v) is 3.02. The molecular formula is C16H25NO3. The molecule has 1 rings (SSSR count). The van der Waals surface area contributed by atoms with Crippen LogP contribution in [0.4, 0.5) is 0 Å². The maximum absolute atomic E-state index is 12.2. The minimum Gasteiger partial charge on any atom is -0.494 e. The second-order valence-electron chi connectivity index (χ2n) is 4.85. The number of ether oxygens (including phenoxy) is 2. The van der Waals surface area contributed by atoms with Crippen molar-refractivity contribution in [3.05, 3.63) is 29.3 Å². The molecule has 0 aliphatic carbocycles. The molecule has 4 heteroatoms. The Balaban J connectivity index is 2.84. The molecule has 1 unspecified atom stereocenters. The van der Waals surface area contributed by atoms with Crippen LogP contribution < -0.4 is 10.1 Å². The summed E-state index contributed by atoms with van der Waals surface area (Å²) >= 11 is 0. The van der Waals surface area contributed by atoms with Crippen molar-refractivity contribution in [2.45, 2.75) is 46.3 Å². The number of nitrogens with one attached hydrogen (secondary N) is 1. The quantitative estimate of drug-likeness (QED) is 0.795. The molecule has 0 spiro atoms. The summed E-state index contributed by atoms with van der Waals surface area (Å²) in [6.07, 6.45) is 2.04. The Morgan fingerprint density at radius 1 is 1.35 bits per heavy atom. The normalized spacial score (nSPS) is 12.0. The van der Waals surface area contributed by atoms with E-state index in [0.717, 1.165) is 24.2 Å². The first kappa shape index (κ1) is 16.5. The Kier molecular flexibility index (Phi) is 7.09. The van der Waals surface area contributed by atoms with Crippen LogP contribution in [0.5, 0.6) is 5.75 Å². The van der Waals surface area contributed by atoms with Crippen LogP contribution in [0.3, 0.4) is 0 Å². The summed E-state index contributed by atoms with van der Waals surface area (Å²) in [5.74, 6) is 0.721. The summed E-state index contributed by atoms with van der Waals surface area (Å²) in [4.78, 5) is 12.2. The zero-order chi connectivity index (χ0) is 15.0. The van der Waals surface area contributed by atoms with Crippen molar-refractivity contribution in [3.63, 3.8) is 0 Å². The molecular weight excluding hydrogens is 254 g/mol. The summed E-state index contributed by atoms with van der Waals surface area (Å²) in [6.45, 7) is 7.09. The van der Waals surface area contributed by atoms with E-state index in [0.29, 0.717) is 18.8 Å². The van der Waals surface area contributed by atoms with Crippen LogP contribution in [-0.2, 0) is 11.3 Å². The SMILES string of the molecule is CCCC(C)NC(=O)c1ccc(OCC)c(COC)c1. The maximum Gasteiger partial charge on any atom is 0.251 e. The third-order valence-electron chi connectivity index (χ3n) is 3.02. The van der Waals surface area contributed by atoms with Gasteiger partial charge in [-0.15, -0.1) is 0 Å². The minimum atomic E-state index is -0.0497. The average Bonchev–Trinajstić information content (AvgIpc) is 2.41. The van der Waals surface area contributed by atoms with Gasteiger partial charge in [0.2, 0.25) is 0 Å². The fourth-order valence-corrected chi connectivity index (χ4v) is 2.10. The molecule has 1 amide bonds. The minimum absolute atomic E-state index is 0.0497. The highest BCUT2D eigenvalue weighted by Gasteiger charge is 2.12. The molecule has 20 heavy (non-hydrogen) atoms. The zero-order valence-corrected chi connectivity index (χ0v) is 12.9. The van der Waals surface area contributed by atoms with Gasteiger partial charge in [-0.05, 0) is 38.5 Å². The van der Waals surface area contributed by atoms with Crippen LogP contribution >= 0.6 is 0 Å². The summed E-state index contributed by atoms with van der Waals surface area (Å²) in [6, 6.07) is 5.64. The number of hydrogen-bond acceptors (Lipinski definition) is 3. The number of rotatable bonds is 8. The second kappa shape index (κ2) is 8.59. The molecule has 0 saturated heterocycles. The van der Waals surface area contributed by atoms with Gasteiger partial charge in [-0.1, -0.05) is 13.3 Å². The summed E-state index contributed by atoms with van der Waals surface area (Å²) < 4.78 is 10.7. The maximum atomic E-state index is 12.2. The van der Waals surface area contributed by atoms with E-state index in [1.807, 2.05) is 26.0 Å². The Morgan fingerprint density at radius 2 is 2.10 bits per heavy atom. The Labute approximate surface area is 121 Å². The molecule has 112 valence electrons. The van der Waals surface area contributed by atoms with Gasteiger partial charge in [-0.25, -0.2) is 0 Å². The van der Waals surface area contributed by atoms with Crippen molar-refractivity contribution in [3.8, 4) is 5.75 Å². The van der Waals surface area contributed by atoms with Gasteiger partial charge < -0.3 is 14.8 Å². The smallest absolute Gasteiger partial charge is 0.251 e. The lowest BCUT2D eigenvalue weighted by atomic mass is 10.1. The van der Waals surface area contributed by atoms with Gasteiger partial charge in [-0.3, -0.25) is 4.79 Å². The van der Waals surface area contributed by atoms with Gasteiger partial charge in [-0.2, -0.15) is 0 Å². The molecule has 4 nitrogen and oxygen atoms in total. The van der Waals surface area contributed by atoms with E-state index in [1.165, 1.54) is 0 Å². The molecule has 0 heterocycles. The van der Waals surface area contributed by atoms with E-state index in [2.05, 4.69) is 12.2 Å². The number of carbonyl (C=O) groups excluding carboxylic acids is 1. The molecule has 0 fully saturated rings. The topological polar surface area (TPSA) is 47.6 Å². The van der Waals surface area contributed by atoms with E-state index in [-0.39, 0.29) is 11.9 Å². The predicted octanol–water partition coefficient (Wildman–Crippen LogP) is 3.15. The molecule has 0 bridgehead atoms. The van der Waals surface area contributed by atoms with Crippen molar-refractivity contribution >= 4 is 5.91 Å². The van der Waals surface area contributed by atoms with Crippen LogP contribution in [0, 0.1) is 0 Å². The summed E-state index contributed by atoms with van der Waals surface area (Å²) in [7, 11) is 1.63. The Morgan fingerprint density at radius 3 is 2.70 bits per heavy atom. The zero-order valence-electron chi connectivity index (χ0n) is 12.9. The van der Waals surface area contributed by atoms with Gasteiger partial charge >= 0.3 is 0 Å². The Bertz CT molecular complexity index is 432. The van der Waals surface area contributed by atoms with Gasteiger partial charge in [0.05, 0.1) is 13.2 Å². The lowest BCUT2D eigenvalue weighted by molar-refractivity contribution is 0.0938. The van der Waals surface area contributed by atoms with E-state index >= 15 is 0 Å². The van der Waals surface area contributed by atoms with E-state index in [4.69, 9.17) is 9.47 Å². The van der Waals surface area contributed by atoms with Crippen molar-refractivity contribution < 1.29 is 14.3 Å². The van der Waals surface area contributed by atoms with Crippen molar-refractivity contribution in [1.82, 2.24) is 5.32 Å². The lowest BCUT2D eigenvalue weighted by Gasteiger charge is -2.15. The van der Waals surface area contributed by atoms with Gasteiger partial charge in [0, 0.05) is 24.3 Å². The van der Waals surface area contributed by atoms with E-state index < -0.39 is 0 Å². The van der Waals surface area contributed by atoms with Gasteiger partial charge in [0.15, 0.2) is 0 Å². The Hall–Kier alpha value is -1.55. The molecule has 0 aliphatic heterocycles. The van der Waals surface area contributed by atoms with Gasteiger partial charge in [0.25, 0.3) is 5.91 Å². The molecule has 1 aromatic carbocycles. The average molecular weight is 279 g/mol. The highest BCUT2D eigenvalue weighted by molar-refractivity contribution is 5.94. The number of benzene rings is 1. The lowest BCUT2D eigenvalue weighted by Crippen LogP contribution is -2.32. The van der Waals surface area contributed by atoms with Crippen LogP contribution in [0.15, 0.2) is 18.2 Å². The van der Waals surface area contributed by atoms with Crippen molar-refractivity contribution in [2.75, 3.05) is 13.7 Å². The summed E-state index contributed by atoms with van der Waals surface area (Å²) in [5.41, 5.74) is 1.54. The second-order valence-corrected chi connectivity index (χ2v) is 4.85. The van der Waals surface area contributed by atoms with Gasteiger partial charge in [0.1, 0.15) is 5.75 Å². The molecule has 0 aliphatic rings. The highest BCUT2D eigenvalue weighted by atomic mass is 16.5. The van der Waals surface area contributed by atoms with Crippen LogP contribution in [0.2, 0.25) is 0 Å². The first-order valence-corrected chi connectivity index (χ1v) is 7.17.